The Kier molecular flexibility index (Phi) is 15.3. The maximum Gasteiger partial charge on any atom is 0.410 e. The number of amides is 2. The van der Waals surface area contributed by atoms with E-state index in [4.69, 9.17) is 18.9 Å². The Hall–Kier alpha value is -2.54. The van der Waals surface area contributed by atoms with E-state index in [0.29, 0.717) is 38.8 Å². The number of ether oxygens (including phenoxy) is 4. The molecule has 2 aromatic rings. The van der Waals surface area contributed by atoms with Crippen molar-refractivity contribution in [2.45, 2.75) is 78.7 Å². The van der Waals surface area contributed by atoms with Crippen LogP contribution >= 0.6 is 31.9 Å². The Labute approximate surface area is 304 Å². The van der Waals surface area contributed by atoms with Crippen molar-refractivity contribution in [2.75, 3.05) is 65.5 Å². The van der Waals surface area contributed by atoms with E-state index in [2.05, 4.69) is 55.5 Å². The summed E-state index contributed by atoms with van der Waals surface area (Å²) in [7, 11) is 0. The summed E-state index contributed by atoms with van der Waals surface area (Å²) in [6.07, 6.45) is -0.346. The third-order valence-electron chi connectivity index (χ3n) is 7.58. The summed E-state index contributed by atoms with van der Waals surface area (Å²) in [6.45, 7) is 23.2. The van der Waals surface area contributed by atoms with Gasteiger partial charge in [0.15, 0.2) is 0 Å². The van der Waals surface area contributed by atoms with Crippen molar-refractivity contribution < 1.29 is 28.5 Å². The number of carbonyl (C=O) groups excluding carboxylic acids is 2. The van der Waals surface area contributed by atoms with E-state index < -0.39 is 11.2 Å². The van der Waals surface area contributed by atoms with Crippen molar-refractivity contribution in [1.82, 2.24) is 19.6 Å². The molecule has 2 aromatic carbocycles. The first-order valence-electron chi connectivity index (χ1n) is 16.7. The van der Waals surface area contributed by atoms with Crippen molar-refractivity contribution in [3.63, 3.8) is 0 Å². The molecule has 2 fully saturated rings. The number of hydrogen-bond acceptors (Lipinski definition) is 8. The van der Waals surface area contributed by atoms with E-state index in [1.807, 2.05) is 90.1 Å². The van der Waals surface area contributed by atoms with E-state index in [-0.39, 0.29) is 18.3 Å². The zero-order chi connectivity index (χ0) is 35.5. The maximum atomic E-state index is 12.1. The highest BCUT2D eigenvalue weighted by Crippen LogP contribution is 2.19. The van der Waals surface area contributed by atoms with Crippen LogP contribution in [0.15, 0.2) is 57.5 Å². The predicted octanol–water partition coefficient (Wildman–Crippen LogP) is 7.54. The molecular formula is C36H54Br2N4O6. The molecule has 12 heteroatoms. The van der Waals surface area contributed by atoms with Crippen LogP contribution < -0.4 is 9.47 Å². The van der Waals surface area contributed by atoms with E-state index in [0.717, 1.165) is 53.2 Å². The van der Waals surface area contributed by atoms with Gasteiger partial charge in [0.2, 0.25) is 0 Å². The number of carbonyl (C=O) groups is 2. The van der Waals surface area contributed by atoms with E-state index in [9.17, 15) is 9.59 Å². The lowest BCUT2D eigenvalue weighted by Crippen LogP contribution is -2.53. The van der Waals surface area contributed by atoms with Gasteiger partial charge in [0, 0.05) is 73.9 Å². The van der Waals surface area contributed by atoms with Crippen molar-refractivity contribution >= 4 is 44.0 Å². The van der Waals surface area contributed by atoms with Crippen LogP contribution in [0.5, 0.6) is 11.5 Å². The van der Waals surface area contributed by atoms with E-state index in [1.165, 1.54) is 0 Å². The lowest BCUT2D eigenvalue weighted by Gasteiger charge is -2.38. The van der Waals surface area contributed by atoms with Crippen LogP contribution in [0.4, 0.5) is 9.59 Å². The van der Waals surface area contributed by atoms with E-state index >= 15 is 0 Å². The molecule has 268 valence electrons. The van der Waals surface area contributed by atoms with Crippen LogP contribution in [0.1, 0.15) is 55.4 Å². The molecule has 2 heterocycles. The van der Waals surface area contributed by atoms with Gasteiger partial charge in [-0.25, -0.2) is 9.59 Å². The molecule has 0 spiro atoms. The normalized spacial score (nSPS) is 17.5. The molecule has 0 aliphatic carbocycles. The van der Waals surface area contributed by atoms with Gasteiger partial charge in [0.25, 0.3) is 0 Å². The summed E-state index contributed by atoms with van der Waals surface area (Å²) in [4.78, 5) is 32.4. The first-order valence-corrected chi connectivity index (χ1v) is 18.3. The fraction of sp³-hybridized carbons (Fsp3) is 0.611. The van der Waals surface area contributed by atoms with Crippen LogP contribution in [-0.4, -0.2) is 121 Å². The molecule has 0 N–H and O–H groups in total. The number of hydrogen-bond donors (Lipinski definition) is 0. The minimum atomic E-state index is -0.444. The highest BCUT2D eigenvalue weighted by atomic mass is 79.9. The van der Waals surface area contributed by atoms with Crippen LogP contribution in [0, 0.1) is 0 Å². The zero-order valence-electron chi connectivity index (χ0n) is 29.8. The minimum Gasteiger partial charge on any atom is -0.492 e. The van der Waals surface area contributed by atoms with Crippen LogP contribution in [0.2, 0.25) is 0 Å². The topological polar surface area (TPSA) is 84.0 Å². The van der Waals surface area contributed by atoms with Gasteiger partial charge in [0.1, 0.15) is 35.4 Å². The molecular weight excluding hydrogens is 744 g/mol. The van der Waals surface area contributed by atoms with Gasteiger partial charge in [-0.3, -0.25) is 9.80 Å². The first-order chi connectivity index (χ1) is 22.5. The molecule has 0 bridgehead atoms. The second-order valence-electron chi connectivity index (χ2n) is 14.3. The van der Waals surface area contributed by atoms with Crippen LogP contribution in [0.3, 0.4) is 0 Å². The van der Waals surface area contributed by atoms with Gasteiger partial charge in [-0.1, -0.05) is 31.9 Å². The average molecular weight is 799 g/mol. The lowest BCUT2D eigenvalue weighted by atomic mass is 10.2. The average Bonchev–Trinajstić information content (AvgIpc) is 3.01. The van der Waals surface area contributed by atoms with E-state index in [1.54, 1.807) is 9.80 Å². The fourth-order valence-electron chi connectivity index (χ4n) is 5.11. The molecule has 48 heavy (non-hydrogen) atoms. The largest absolute Gasteiger partial charge is 0.492 e. The molecule has 0 saturated carbocycles. The predicted molar refractivity (Wildman–Crippen MR) is 197 cm³/mol. The molecule has 2 saturated heterocycles. The Morgan fingerprint density at radius 1 is 0.667 bits per heavy atom. The number of piperazine rings is 2. The zero-order valence-corrected chi connectivity index (χ0v) is 33.0. The second kappa shape index (κ2) is 18.5. The maximum absolute atomic E-state index is 12.1. The Bertz CT molecular complexity index is 1270. The van der Waals surface area contributed by atoms with Gasteiger partial charge in [-0.2, -0.15) is 0 Å². The second-order valence-corrected chi connectivity index (χ2v) is 16.1. The quantitative estimate of drug-likeness (QED) is 0.271. The molecule has 2 unspecified atom stereocenters. The Balaban J connectivity index is 0.000000260. The minimum absolute atomic E-state index is 0.0965. The highest BCUT2D eigenvalue weighted by Gasteiger charge is 2.28. The fourth-order valence-corrected chi connectivity index (χ4v) is 5.64. The summed E-state index contributed by atoms with van der Waals surface area (Å²) < 4.78 is 24.7. The summed E-state index contributed by atoms with van der Waals surface area (Å²) in [5.41, 5.74) is -0.888. The first kappa shape index (κ1) is 39.9. The number of halogens is 2. The smallest absolute Gasteiger partial charge is 0.410 e. The summed E-state index contributed by atoms with van der Waals surface area (Å²) in [5, 5.41) is 0. The van der Waals surface area contributed by atoms with Gasteiger partial charge in [-0.05, 0) is 104 Å². The van der Waals surface area contributed by atoms with Gasteiger partial charge < -0.3 is 28.7 Å². The molecule has 0 radical (unpaired) electrons. The molecule has 4 rings (SSSR count). The molecule has 2 aliphatic rings. The lowest BCUT2D eigenvalue weighted by molar-refractivity contribution is 0.00855. The number of benzene rings is 2. The third-order valence-corrected chi connectivity index (χ3v) is 8.64. The molecule has 2 aliphatic heterocycles. The van der Waals surface area contributed by atoms with Crippen LogP contribution in [0.25, 0.3) is 0 Å². The number of rotatable bonds is 8. The highest BCUT2D eigenvalue weighted by molar-refractivity contribution is 9.10. The monoisotopic (exact) mass is 796 g/mol. The Morgan fingerprint density at radius 2 is 1.08 bits per heavy atom. The standard InChI is InChI=1S/2C18H27BrN2O3/c1-14(13-23-16-7-5-15(19)6-8-16)20-9-11-21(12-10-20)17(22)24-18(2,3)4;1-14(23-16-7-5-15(19)6-8-16)13-20-9-11-21(12-10-20)17(22)24-18(2,3)4/h2*5-8,14H,9-13H2,1-4H3. The van der Waals surface area contributed by atoms with Crippen molar-refractivity contribution in [2.24, 2.45) is 0 Å². The molecule has 2 amide bonds. The van der Waals surface area contributed by atoms with Gasteiger partial charge in [-0.15, -0.1) is 0 Å². The summed E-state index contributed by atoms with van der Waals surface area (Å²) >= 11 is 6.84. The van der Waals surface area contributed by atoms with Crippen molar-refractivity contribution in [3.8, 4) is 11.5 Å². The summed E-state index contributed by atoms with van der Waals surface area (Å²) in [5.74, 6) is 1.75. The van der Waals surface area contributed by atoms with Gasteiger partial charge >= 0.3 is 12.2 Å². The Morgan fingerprint density at radius 3 is 1.52 bits per heavy atom. The molecule has 0 aromatic heterocycles. The number of nitrogens with zero attached hydrogens (tertiary/aromatic N) is 4. The summed E-state index contributed by atoms with van der Waals surface area (Å²) in [6, 6.07) is 16.0. The van der Waals surface area contributed by atoms with Gasteiger partial charge in [0.05, 0.1) is 0 Å². The molecule has 2 atom stereocenters. The van der Waals surface area contributed by atoms with Crippen molar-refractivity contribution in [1.29, 1.82) is 0 Å². The third kappa shape index (κ3) is 14.9. The van der Waals surface area contributed by atoms with Crippen LogP contribution in [-0.2, 0) is 9.47 Å². The molecule has 10 nitrogen and oxygen atoms in total. The SMILES string of the molecule is CC(CN1CCN(C(=O)OC(C)(C)C)CC1)Oc1ccc(Br)cc1.CC(COc1ccc(Br)cc1)N1CCN(C(=O)OC(C)(C)C)CC1. The van der Waals surface area contributed by atoms with Crippen molar-refractivity contribution in [3.05, 3.63) is 57.5 Å².